The summed E-state index contributed by atoms with van der Waals surface area (Å²) < 4.78 is 0. The van der Waals surface area contributed by atoms with E-state index in [1.807, 2.05) is 0 Å². The Bertz CT molecular complexity index is 742. The number of allylic oxidation sites excluding steroid dienone is 2. The Labute approximate surface area is 187 Å². The highest BCUT2D eigenvalue weighted by Crippen LogP contribution is 2.75. The second kappa shape index (κ2) is 7.42. The van der Waals surface area contributed by atoms with Gasteiger partial charge in [-0.25, -0.2) is 0 Å². The van der Waals surface area contributed by atoms with Crippen LogP contribution >= 0.6 is 0 Å². The van der Waals surface area contributed by atoms with E-state index in [4.69, 9.17) is 0 Å². The summed E-state index contributed by atoms with van der Waals surface area (Å²) in [5.74, 6) is 16.0. The highest BCUT2D eigenvalue weighted by molar-refractivity contribution is 5.23. The molecule has 4 saturated carbocycles. The molecule has 0 heterocycles. The van der Waals surface area contributed by atoms with E-state index in [1.165, 1.54) is 25.7 Å². The third-order valence-corrected chi connectivity index (χ3v) is 11.2. The number of fused-ring (bicyclic) bond motifs is 1. The fraction of sp³-hybridized carbons (Fsp3) is 0.867. The first-order valence-corrected chi connectivity index (χ1v) is 13.5. The predicted octanol–water partition coefficient (Wildman–Crippen LogP) is 7.99. The van der Waals surface area contributed by atoms with Crippen molar-refractivity contribution in [1.29, 1.82) is 0 Å². The van der Waals surface area contributed by atoms with Crippen LogP contribution < -0.4 is 0 Å². The Balaban J connectivity index is 1.36. The molecule has 0 N–H and O–H groups in total. The molecule has 0 nitrogen and oxygen atoms in total. The lowest BCUT2D eigenvalue weighted by atomic mass is 9.64. The molecule has 0 radical (unpaired) electrons. The topological polar surface area (TPSA) is 0 Å². The third-order valence-electron chi connectivity index (χ3n) is 11.2. The van der Waals surface area contributed by atoms with E-state index < -0.39 is 0 Å². The van der Waals surface area contributed by atoms with Crippen LogP contribution in [0.3, 0.4) is 0 Å². The first kappa shape index (κ1) is 21.2. The lowest BCUT2D eigenvalue weighted by molar-refractivity contribution is 0.103. The second-order valence-electron chi connectivity index (χ2n) is 12.8. The molecule has 0 bridgehead atoms. The van der Waals surface area contributed by atoms with Crippen molar-refractivity contribution in [2.45, 2.75) is 92.9 Å². The fourth-order valence-corrected chi connectivity index (χ4v) is 8.60. The van der Waals surface area contributed by atoms with Crippen LogP contribution in [-0.4, -0.2) is 0 Å². The van der Waals surface area contributed by atoms with E-state index in [1.54, 1.807) is 25.7 Å². The molecule has 5 aliphatic rings. The molecule has 0 aliphatic heterocycles. The molecule has 166 valence electrons. The van der Waals surface area contributed by atoms with Gasteiger partial charge in [-0.1, -0.05) is 58.6 Å². The van der Waals surface area contributed by atoms with Gasteiger partial charge in [-0.15, -0.1) is 0 Å². The van der Waals surface area contributed by atoms with Gasteiger partial charge >= 0.3 is 0 Å². The first-order chi connectivity index (χ1) is 14.3. The molecule has 30 heavy (non-hydrogen) atoms. The van der Waals surface area contributed by atoms with E-state index in [0.29, 0.717) is 17.3 Å². The zero-order valence-electron chi connectivity index (χ0n) is 20.6. The van der Waals surface area contributed by atoms with Crippen LogP contribution in [0.25, 0.3) is 0 Å². The molecule has 1 spiro atoms. The number of rotatable bonds is 7. The Morgan fingerprint density at radius 3 is 2.43 bits per heavy atom. The van der Waals surface area contributed by atoms with Gasteiger partial charge in [0.1, 0.15) is 0 Å². The normalized spacial score (nSPS) is 48.9. The molecule has 0 aromatic carbocycles. The van der Waals surface area contributed by atoms with Crippen LogP contribution in [0.2, 0.25) is 0 Å². The SMILES string of the molecule is CC=CC1CC2CC(CC)(C3CC3CC3CC34CC4)C(C)C#CC2C1C(C)C(C)C. The van der Waals surface area contributed by atoms with Gasteiger partial charge in [0, 0.05) is 11.8 Å². The molecule has 0 amide bonds. The van der Waals surface area contributed by atoms with Crippen molar-refractivity contribution in [3.63, 3.8) is 0 Å². The van der Waals surface area contributed by atoms with E-state index in [2.05, 4.69) is 65.5 Å². The van der Waals surface area contributed by atoms with E-state index >= 15 is 0 Å². The lowest BCUT2D eigenvalue weighted by Gasteiger charge is -2.39. The largest absolute Gasteiger partial charge is 0.0993 e. The maximum Gasteiger partial charge on any atom is 0.0268 e. The quantitative estimate of drug-likeness (QED) is 0.297. The summed E-state index contributed by atoms with van der Waals surface area (Å²) in [7, 11) is 0. The summed E-state index contributed by atoms with van der Waals surface area (Å²) in [6, 6.07) is 0. The van der Waals surface area contributed by atoms with E-state index in [0.717, 1.165) is 52.8 Å². The van der Waals surface area contributed by atoms with Gasteiger partial charge in [0.2, 0.25) is 0 Å². The van der Waals surface area contributed by atoms with Crippen molar-refractivity contribution < 1.29 is 0 Å². The van der Waals surface area contributed by atoms with Gasteiger partial charge < -0.3 is 0 Å². The van der Waals surface area contributed by atoms with Gasteiger partial charge in [0.15, 0.2) is 0 Å². The second-order valence-corrected chi connectivity index (χ2v) is 12.8. The van der Waals surface area contributed by atoms with Crippen LogP contribution in [0, 0.1) is 81.8 Å². The molecular weight excluding hydrogens is 360 g/mol. The summed E-state index contributed by atoms with van der Waals surface area (Å²) >= 11 is 0. The lowest BCUT2D eigenvalue weighted by Crippen LogP contribution is -2.33. The zero-order chi connectivity index (χ0) is 21.3. The minimum Gasteiger partial charge on any atom is -0.0993 e. The smallest absolute Gasteiger partial charge is 0.0268 e. The Kier molecular flexibility index (Phi) is 5.24. The number of hydrogen-bond acceptors (Lipinski definition) is 0. The van der Waals surface area contributed by atoms with Crippen LogP contribution in [0.1, 0.15) is 92.9 Å². The van der Waals surface area contributed by atoms with Crippen LogP contribution in [-0.2, 0) is 0 Å². The first-order valence-electron chi connectivity index (χ1n) is 13.5. The van der Waals surface area contributed by atoms with Gasteiger partial charge in [0.05, 0.1) is 0 Å². The summed E-state index contributed by atoms with van der Waals surface area (Å²) in [5.41, 5.74) is 1.39. The third kappa shape index (κ3) is 3.33. The average molecular weight is 407 g/mol. The summed E-state index contributed by atoms with van der Waals surface area (Å²) in [5, 5.41) is 0. The van der Waals surface area contributed by atoms with Gasteiger partial charge in [-0.3, -0.25) is 0 Å². The highest BCUT2D eigenvalue weighted by Gasteiger charge is 2.65. The summed E-state index contributed by atoms with van der Waals surface area (Å²) in [4.78, 5) is 0. The minimum absolute atomic E-state index is 0.499. The predicted molar refractivity (Wildman–Crippen MR) is 128 cm³/mol. The molecule has 4 fully saturated rings. The summed E-state index contributed by atoms with van der Waals surface area (Å²) in [6.45, 7) is 14.6. The van der Waals surface area contributed by atoms with Crippen LogP contribution in [0.4, 0.5) is 0 Å². The maximum atomic E-state index is 3.95. The van der Waals surface area contributed by atoms with Crippen molar-refractivity contribution in [3.05, 3.63) is 12.2 Å². The van der Waals surface area contributed by atoms with Crippen molar-refractivity contribution in [2.24, 2.45) is 70.0 Å². The van der Waals surface area contributed by atoms with Gasteiger partial charge in [-0.05, 0) is 116 Å². The molecule has 5 aliphatic carbocycles. The van der Waals surface area contributed by atoms with Crippen molar-refractivity contribution in [3.8, 4) is 11.8 Å². The summed E-state index contributed by atoms with van der Waals surface area (Å²) in [6.07, 6.45) is 16.8. The monoisotopic (exact) mass is 406 g/mol. The molecule has 0 aromatic heterocycles. The van der Waals surface area contributed by atoms with Gasteiger partial charge in [0.25, 0.3) is 0 Å². The van der Waals surface area contributed by atoms with E-state index in [-0.39, 0.29) is 0 Å². The van der Waals surface area contributed by atoms with Crippen molar-refractivity contribution >= 4 is 0 Å². The molecule has 0 heteroatoms. The van der Waals surface area contributed by atoms with Crippen LogP contribution in [0.15, 0.2) is 12.2 Å². The van der Waals surface area contributed by atoms with Crippen LogP contribution in [0.5, 0.6) is 0 Å². The molecule has 5 rings (SSSR count). The maximum absolute atomic E-state index is 3.95. The highest BCUT2D eigenvalue weighted by atomic mass is 14.7. The number of hydrogen-bond donors (Lipinski definition) is 0. The zero-order valence-corrected chi connectivity index (χ0v) is 20.6. The van der Waals surface area contributed by atoms with Gasteiger partial charge in [-0.2, -0.15) is 0 Å². The molecule has 10 unspecified atom stereocenters. The van der Waals surface area contributed by atoms with Crippen molar-refractivity contribution in [1.82, 2.24) is 0 Å². The fourth-order valence-electron chi connectivity index (χ4n) is 8.60. The Morgan fingerprint density at radius 2 is 1.83 bits per heavy atom. The Morgan fingerprint density at radius 1 is 1.07 bits per heavy atom. The average Bonchev–Trinajstić information content (AvgIpc) is 3.64. The molecule has 0 saturated heterocycles. The Hall–Kier alpha value is -0.700. The van der Waals surface area contributed by atoms with E-state index in [9.17, 15) is 0 Å². The molecule has 0 aromatic rings. The standard InChI is InChI=1S/C30H46/c1-7-9-22-14-24-17-30(8-2,27-16-23(27)15-25-18-29(25)12-13-29)20(5)10-11-26(24)28(22)21(6)19(3)4/h7,9,19-28H,8,12-18H2,1-6H3. The molecule has 10 atom stereocenters. The molecular formula is C30H46. The van der Waals surface area contributed by atoms with Crippen molar-refractivity contribution in [2.75, 3.05) is 0 Å². The minimum atomic E-state index is 0.499.